The van der Waals surface area contributed by atoms with Crippen molar-refractivity contribution in [3.63, 3.8) is 0 Å². The van der Waals surface area contributed by atoms with Gasteiger partial charge in [0.1, 0.15) is 12.2 Å². The molecule has 0 aromatic carbocycles. The summed E-state index contributed by atoms with van der Waals surface area (Å²) >= 11 is 0. The molecule has 0 aromatic heterocycles. The summed E-state index contributed by atoms with van der Waals surface area (Å²) in [4.78, 5) is 34.6. The number of hydrogen-bond donors (Lipinski definition) is 3. The highest BCUT2D eigenvalue weighted by molar-refractivity contribution is 7.47. The summed E-state index contributed by atoms with van der Waals surface area (Å²) in [6, 6.07) is 0. The predicted molar refractivity (Wildman–Crippen MR) is 252 cm³/mol. The van der Waals surface area contributed by atoms with Crippen LogP contribution in [0.4, 0.5) is 0 Å². The molecular formula is C50H95O10P. The smallest absolute Gasteiger partial charge is 0.457 e. The van der Waals surface area contributed by atoms with Crippen molar-refractivity contribution in [1.29, 1.82) is 0 Å². The number of phosphoric acid groups is 1. The molecule has 3 atom stereocenters. The molecule has 3 unspecified atom stereocenters. The molecule has 0 amide bonds. The second-order valence-corrected chi connectivity index (χ2v) is 18.6. The zero-order valence-electron chi connectivity index (χ0n) is 39.4. The highest BCUT2D eigenvalue weighted by atomic mass is 31.2. The van der Waals surface area contributed by atoms with E-state index in [4.69, 9.17) is 18.5 Å². The van der Waals surface area contributed by atoms with Gasteiger partial charge in [0.05, 0.1) is 26.4 Å². The second kappa shape index (κ2) is 46.4. The number of carbonyl (C=O) groups excluding carboxylic acids is 2. The minimum Gasteiger partial charge on any atom is -0.457 e. The number of allylic oxidation sites excluding steroid dienone is 4. The first-order chi connectivity index (χ1) is 29.8. The Kier molecular flexibility index (Phi) is 45.3. The van der Waals surface area contributed by atoms with Crippen molar-refractivity contribution >= 4 is 19.8 Å². The Labute approximate surface area is 374 Å². The predicted octanol–water partition coefficient (Wildman–Crippen LogP) is 14.1. The molecule has 0 saturated heterocycles. The van der Waals surface area contributed by atoms with Crippen molar-refractivity contribution in [3.8, 4) is 0 Å². The van der Waals surface area contributed by atoms with Crippen molar-refractivity contribution in [2.24, 2.45) is 0 Å². The van der Waals surface area contributed by atoms with Gasteiger partial charge in [-0.2, -0.15) is 0 Å². The van der Waals surface area contributed by atoms with Crippen molar-refractivity contribution in [3.05, 3.63) is 24.3 Å². The lowest BCUT2D eigenvalue weighted by atomic mass is 10.0. The number of aliphatic hydroxyl groups is 2. The quantitative estimate of drug-likeness (QED) is 0.0233. The lowest BCUT2D eigenvalue weighted by molar-refractivity contribution is -0.153. The molecule has 0 radical (unpaired) electrons. The van der Waals surface area contributed by atoms with Gasteiger partial charge in [-0.05, 0) is 44.9 Å². The Balaban J connectivity index is 3.80. The molecule has 10 nitrogen and oxygen atoms in total. The molecule has 0 spiro atoms. The number of unbranched alkanes of at least 4 members (excludes halogenated alkanes) is 30. The summed E-state index contributed by atoms with van der Waals surface area (Å²) in [5, 5.41) is 19.2. The Bertz CT molecular complexity index is 1070. The van der Waals surface area contributed by atoms with E-state index >= 15 is 0 Å². The number of aliphatic hydroxyl groups excluding tert-OH is 2. The van der Waals surface area contributed by atoms with E-state index < -0.39 is 58.4 Å². The molecule has 360 valence electrons. The van der Waals surface area contributed by atoms with Gasteiger partial charge in [0.25, 0.3) is 0 Å². The third kappa shape index (κ3) is 44.8. The van der Waals surface area contributed by atoms with E-state index in [1.54, 1.807) is 0 Å². The molecule has 0 aromatic rings. The van der Waals surface area contributed by atoms with Gasteiger partial charge in [-0.25, -0.2) is 4.57 Å². The number of hydrogen-bond acceptors (Lipinski definition) is 9. The van der Waals surface area contributed by atoms with Crippen molar-refractivity contribution in [2.45, 2.75) is 257 Å². The highest BCUT2D eigenvalue weighted by Crippen LogP contribution is 2.43. The minimum atomic E-state index is -4.64. The van der Waals surface area contributed by atoms with Crippen LogP contribution in [0.1, 0.15) is 245 Å². The summed E-state index contributed by atoms with van der Waals surface area (Å²) in [7, 11) is -4.64. The molecule has 0 fully saturated rings. The summed E-state index contributed by atoms with van der Waals surface area (Å²) in [5.41, 5.74) is 0. The van der Waals surface area contributed by atoms with Crippen LogP contribution in [0.2, 0.25) is 0 Å². The Morgan fingerprint density at radius 2 is 0.721 bits per heavy atom. The second-order valence-electron chi connectivity index (χ2n) is 17.2. The average Bonchev–Trinajstić information content (AvgIpc) is 3.25. The van der Waals surface area contributed by atoms with Crippen molar-refractivity contribution in [2.75, 3.05) is 26.4 Å². The fourth-order valence-corrected chi connectivity index (χ4v) is 8.05. The van der Waals surface area contributed by atoms with Gasteiger partial charge in [-0.3, -0.25) is 18.6 Å². The molecule has 0 aliphatic rings. The van der Waals surface area contributed by atoms with Crippen LogP contribution >= 0.6 is 7.82 Å². The molecule has 0 saturated carbocycles. The van der Waals surface area contributed by atoms with E-state index in [2.05, 4.69) is 38.2 Å². The van der Waals surface area contributed by atoms with Crippen molar-refractivity contribution < 1.29 is 47.8 Å². The fourth-order valence-electron chi connectivity index (χ4n) is 7.27. The number of carbonyl (C=O) groups is 2. The molecule has 0 heterocycles. The van der Waals surface area contributed by atoms with Crippen LogP contribution in [0.5, 0.6) is 0 Å². The molecule has 11 heteroatoms. The molecular weight excluding hydrogens is 792 g/mol. The molecule has 0 aliphatic carbocycles. The Morgan fingerprint density at radius 3 is 1.05 bits per heavy atom. The van der Waals surface area contributed by atoms with E-state index in [1.165, 1.54) is 141 Å². The third-order valence-electron chi connectivity index (χ3n) is 11.2. The summed E-state index contributed by atoms with van der Waals surface area (Å²) in [6.45, 7) is 2.21. The van der Waals surface area contributed by atoms with Gasteiger partial charge in [-0.1, -0.05) is 212 Å². The first-order valence-corrected chi connectivity index (χ1v) is 26.8. The van der Waals surface area contributed by atoms with Crippen LogP contribution in [0, 0.1) is 0 Å². The first-order valence-electron chi connectivity index (χ1n) is 25.3. The standard InChI is InChI=1S/C50H95O10P/c1-3-5-7-9-11-13-15-17-19-20-21-22-23-24-25-26-28-30-32-34-36-38-40-42-50(54)60-48(44-52)46-58-61(55,56)57-45-47(43-51)59-49(53)41-39-37-35-33-31-29-27-18-16-14-12-10-8-6-4-2/h12,14,18,27,47-48,51-52H,3-11,13,15-17,19-26,28-46H2,1-2H3,(H,55,56)/b14-12-,27-18-. The first kappa shape index (κ1) is 59.5. The summed E-state index contributed by atoms with van der Waals surface area (Å²) in [5.74, 6) is -1.02. The van der Waals surface area contributed by atoms with Gasteiger partial charge in [-0.15, -0.1) is 0 Å². The van der Waals surface area contributed by atoms with Crippen LogP contribution in [-0.4, -0.2) is 65.7 Å². The monoisotopic (exact) mass is 887 g/mol. The maximum absolute atomic E-state index is 12.4. The van der Waals surface area contributed by atoms with Gasteiger partial charge in [0.15, 0.2) is 0 Å². The van der Waals surface area contributed by atoms with Gasteiger partial charge < -0.3 is 24.6 Å². The highest BCUT2D eigenvalue weighted by Gasteiger charge is 2.27. The van der Waals surface area contributed by atoms with E-state index in [-0.39, 0.29) is 12.8 Å². The number of ether oxygens (including phenoxy) is 2. The SMILES string of the molecule is CCCCC/C=C\C/C=C\CCCCCCCC(=O)OC(CO)COP(=O)(O)OCC(CO)OC(=O)CCCCCCCCCCCCCCCCCCCCCCCCC. The average molecular weight is 887 g/mol. The zero-order valence-corrected chi connectivity index (χ0v) is 40.3. The van der Waals surface area contributed by atoms with Gasteiger partial charge >= 0.3 is 19.8 Å². The molecule has 61 heavy (non-hydrogen) atoms. The Morgan fingerprint density at radius 1 is 0.443 bits per heavy atom. The van der Waals surface area contributed by atoms with Crippen LogP contribution in [0.15, 0.2) is 24.3 Å². The summed E-state index contributed by atoms with van der Waals surface area (Å²) < 4.78 is 32.7. The van der Waals surface area contributed by atoms with E-state index in [9.17, 15) is 29.3 Å². The van der Waals surface area contributed by atoms with E-state index in [0.717, 1.165) is 64.2 Å². The van der Waals surface area contributed by atoms with Crippen LogP contribution in [0.3, 0.4) is 0 Å². The largest absolute Gasteiger partial charge is 0.472 e. The van der Waals surface area contributed by atoms with Crippen LogP contribution in [-0.2, 0) is 32.7 Å². The minimum absolute atomic E-state index is 0.178. The maximum Gasteiger partial charge on any atom is 0.472 e. The summed E-state index contributed by atoms with van der Waals surface area (Å²) in [6.07, 6.45) is 48.7. The fraction of sp³-hybridized carbons (Fsp3) is 0.880. The van der Waals surface area contributed by atoms with E-state index in [0.29, 0.717) is 12.8 Å². The lowest BCUT2D eigenvalue weighted by Crippen LogP contribution is -2.28. The van der Waals surface area contributed by atoms with E-state index in [1.807, 2.05) is 0 Å². The Hall–Kier alpha value is -1.55. The van der Waals surface area contributed by atoms with Crippen LogP contribution in [0.25, 0.3) is 0 Å². The topological polar surface area (TPSA) is 149 Å². The van der Waals surface area contributed by atoms with Crippen molar-refractivity contribution in [1.82, 2.24) is 0 Å². The van der Waals surface area contributed by atoms with Crippen LogP contribution < -0.4 is 0 Å². The van der Waals surface area contributed by atoms with Gasteiger partial charge in [0, 0.05) is 12.8 Å². The van der Waals surface area contributed by atoms with Gasteiger partial charge in [0.2, 0.25) is 0 Å². The molecule has 0 bridgehead atoms. The molecule has 0 rings (SSSR count). The lowest BCUT2D eigenvalue weighted by Gasteiger charge is -2.20. The third-order valence-corrected chi connectivity index (χ3v) is 12.1. The number of rotatable bonds is 48. The normalized spacial score (nSPS) is 13.9. The molecule has 3 N–H and O–H groups in total. The molecule has 0 aliphatic heterocycles. The maximum atomic E-state index is 12.4. The number of phosphoric ester groups is 1. The zero-order chi connectivity index (χ0) is 44.8. The number of esters is 2.